The number of fused-ring (bicyclic) bond motifs is 1. The van der Waals surface area contributed by atoms with E-state index in [4.69, 9.17) is 15.5 Å². The number of hydrogen-bond donors (Lipinski definition) is 1. The second-order valence-corrected chi connectivity index (χ2v) is 5.29. The molecule has 0 aliphatic carbocycles. The van der Waals surface area contributed by atoms with Crippen LogP contribution >= 0.6 is 15.9 Å². The molecule has 2 aromatic carbocycles. The van der Waals surface area contributed by atoms with Crippen LogP contribution in [-0.2, 0) is 0 Å². The Morgan fingerprint density at radius 3 is 2.55 bits per heavy atom. The van der Waals surface area contributed by atoms with Gasteiger partial charge in [-0.2, -0.15) is 0 Å². The fourth-order valence-electron chi connectivity index (χ4n) is 2.23. The molecule has 3 rings (SSSR count). The maximum atomic E-state index is 6.20. The summed E-state index contributed by atoms with van der Waals surface area (Å²) in [4.78, 5) is 4.71. The van der Waals surface area contributed by atoms with Crippen LogP contribution in [0.25, 0.3) is 22.2 Å². The number of benzene rings is 2. The molecule has 0 radical (unpaired) electrons. The topological polar surface area (TPSA) is 48.1 Å². The van der Waals surface area contributed by atoms with Gasteiger partial charge in [0.15, 0.2) is 0 Å². The van der Waals surface area contributed by atoms with Gasteiger partial charge in [0.2, 0.25) is 0 Å². The number of nitrogen functional groups attached to an aromatic ring is 1. The van der Waals surface area contributed by atoms with Crippen molar-refractivity contribution in [1.29, 1.82) is 0 Å². The van der Waals surface area contributed by atoms with Gasteiger partial charge in [-0.1, -0.05) is 30.3 Å². The van der Waals surface area contributed by atoms with Crippen molar-refractivity contribution in [2.75, 3.05) is 12.8 Å². The third-order valence-electron chi connectivity index (χ3n) is 3.19. The molecular weight excluding hydrogens is 316 g/mol. The number of rotatable bonds is 2. The molecule has 4 heteroatoms. The normalized spacial score (nSPS) is 10.7. The molecule has 0 unspecified atom stereocenters. The minimum atomic E-state index is 0.659. The van der Waals surface area contributed by atoms with Crippen LogP contribution in [0.2, 0.25) is 0 Å². The quantitative estimate of drug-likeness (QED) is 0.764. The summed E-state index contributed by atoms with van der Waals surface area (Å²) < 4.78 is 6.27. The summed E-state index contributed by atoms with van der Waals surface area (Å²) in [6.07, 6.45) is 0. The van der Waals surface area contributed by atoms with E-state index < -0.39 is 0 Å². The highest BCUT2D eigenvalue weighted by Crippen LogP contribution is 2.36. The highest BCUT2D eigenvalue weighted by molar-refractivity contribution is 9.10. The number of methoxy groups -OCH3 is 1. The molecule has 0 bridgehead atoms. The van der Waals surface area contributed by atoms with Gasteiger partial charge in [-0.15, -0.1) is 0 Å². The molecule has 3 nitrogen and oxygen atoms in total. The lowest BCUT2D eigenvalue weighted by Crippen LogP contribution is -1.96. The zero-order valence-electron chi connectivity index (χ0n) is 10.9. The van der Waals surface area contributed by atoms with Crippen LogP contribution in [0.5, 0.6) is 5.75 Å². The first-order chi connectivity index (χ1) is 9.70. The molecule has 1 aromatic heterocycles. The van der Waals surface area contributed by atoms with E-state index in [2.05, 4.69) is 15.9 Å². The highest BCUT2D eigenvalue weighted by Gasteiger charge is 2.12. The minimum absolute atomic E-state index is 0.659. The summed E-state index contributed by atoms with van der Waals surface area (Å²) >= 11 is 3.53. The Labute approximate surface area is 125 Å². The zero-order chi connectivity index (χ0) is 14.1. The maximum absolute atomic E-state index is 6.20. The molecule has 0 amide bonds. The molecule has 3 aromatic rings. The Hall–Kier alpha value is -2.07. The Bertz CT molecular complexity index is 772. The maximum Gasteiger partial charge on any atom is 0.130 e. The average Bonchev–Trinajstić information content (AvgIpc) is 2.49. The molecule has 1 heterocycles. The first-order valence-corrected chi connectivity index (χ1v) is 6.98. The average molecular weight is 329 g/mol. The molecule has 0 aliphatic heterocycles. The number of halogens is 1. The summed E-state index contributed by atoms with van der Waals surface area (Å²) in [5, 5.41) is 0.835. The number of pyridine rings is 1. The molecule has 0 atom stereocenters. The number of nitrogens with zero attached hydrogens (tertiary/aromatic N) is 1. The van der Waals surface area contributed by atoms with Crippen LogP contribution in [0.4, 0.5) is 5.69 Å². The predicted molar refractivity (Wildman–Crippen MR) is 85.8 cm³/mol. The molecule has 100 valence electrons. The van der Waals surface area contributed by atoms with Crippen molar-refractivity contribution >= 4 is 32.5 Å². The first-order valence-electron chi connectivity index (χ1n) is 6.19. The number of ether oxygens (including phenoxy) is 1. The van der Waals surface area contributed by atoms with Gasteiger partial charge in [0.25, 0.3) is 0 Å². The van der Waals surface area contributed by atoms with E-state index in [0.717, 1.165) is 32.4 Å². The molecule has 0 fully saturated rings. The van der Waals surface area contributed by atoms with Crippen molar-refractivity contribution in [3.8, 4) is 17.0 Å². The van der Waals surface area contributed by atoms with Crippen LogP contribution in [-0.4, -0.2) is 12.1 Å². The number of anilines is 1. The van der Waals surface area contributed by atoms with Crippen molar-refractivity contribution < 1.29 is 4.74 Å². The minimum Gasteiger partial charge on any atom is -0.496 e. The third kappa shape index (κ3) is 2.12. The predicted octanol–water partition coefficient (Wildman–Crippen LogP) is 4.26. The second-order valence-electron chi connectivity index (χ2n) is 4.44. The van der Waals surface area contributed by atoms with Gasteiger partial charge in [0, 0.05) is 15.7 Å². The SMILES string of the molecule is COc1ccc(Br)c2nc(-c3ccccc3)cc(N)c12. The van der Waals surface area contributed by atoms with Crippen molar-refractivity contribution in [1.82, 2.24) is 4.98 Å². The zero-order valence-corrected chi connectivity index (χ0v) is 12.5. The van der Waals surface area contributed by atoms with E-state index in [1.807, 2.05) is 48.5 Å². The van der Waals surface area contributed by atoms with Gasteiger partial charge < -0.3 is 10.5 Å². The van der Waals surface area contributed by atoms with Gasteiger partial charge in [0.1, 0.15) is 5.75 Å². The van der Waals surface area contributed by atoms with Crippen LogP contribution < -0.4 is 10.5 Å². The summed E-state index contributed by atoms with van der Waals surface area (Å²) in [5.74, 6) is 0.729. The number of hydrogen-bond acceptors (Lipinski definition) is 3. The monoisotopic (exact) mass is 328 g/mol. The summed E-state index contributed by atoms with van der Waals surface area (Å²) in [6.45, 7) is 0. The second kappa shape index (κ2) is 5.13. The lowest BCUT2D eigenvalue weighted by atomic mass is 10.1. The number of aromatic nitrogens is 1. The Morgan fingerprint density at radius 2 is 1.85 bits per heavy atom. The van der Waals surface area contributed by atoms with E-state index in [9.17, 15) is 0 Å². The Morgan fingerprint density at radius 1 is 1.10 bits per heavy atom. The largest absolute Gasteiger partial charge is 0.496 e. The molecule has 0 spiro atoms. The Kier molecular flexibility index (Phi) is 3.32. The van der Waals surface area contributed by atoms with Gasteiger partial charge >= 0.3 is 0 Å². The van der Waals surface area contributed by atoms with Crippen LogP contribution in [0, 0.1) is 0 Å². The van der Waals surface area contributed by atoms with E-state index in [1.54, 1.807) is 7.11 Å². The van der Waals surface area contributed by atoms with Gasteiger partial charge in [-0.05, 0) is 34.1 Å². The summed E-state index contributed by atoms with van der Waals surface area (Å²) in [7, 11) is 1.63. The van der Waals surface area contributed by atoms with E-state index >= 15 is 0 Å². The lowest BCUT2D eigenvalue weighted by molar-refractivity contribution is 0.420. The number of nitrogens with two attached hydrogens (primary N) is 1. The third-order valence-corrected chi connectivity index (χ3v) is 3.83. The van der Waals surface area contributed by atoms with E-state index in [0.29, 0.717) is 5.69 Å². The van der Waals surface area contributed by atoms with Crippen LogP contribution in [0.3, 0.4) is 0 Å². The van der Waals surface area contributed by atoms with Crippen molar-refractivity contribution in [2.45, 2.75) is 0 Å². The standard InChI is InChI=1S/C16H13BrN2O/c1-20-14-8-7-11(17)16-15(14)12(18)9-13(19-16)10-5-3-2-4-6-10/h2-9H,1H3,(H2,18,19). The molecular formula is C16H13BrN2O. The molecule has 0 saturated carbocycles. The molecule has 0 saturated heterocycles. The van der Waals surface area contributed by atoms with Crippen LogP contribution in [0.15, 0.2) is 53.0 Å². The highest BCUT2D eigenvalue weighted by atomic mass is 79.9. The Balaban J connectivity index is 2.32. The van der Waals surface area contributed by atoms with E-state index in [1.165, 1.54) is 0 Å². The van der Waals surface area contributed by atoms with Crippen molar-refractivity contribution in [3.05, 3.63) is 53.0 Å². The summed E-state index contributed by atoms with van der Waals surface area (Å²) in [5.41, 5.74) is 9.56. The van der Waals surface area contributed by atoms with Crippen LogP contribution in [0.1, 0.15) is 0 Å². The van der Waals surface area contributed by atoms with Gasteiger partial charge in [-0.25, -0.2) is 4.98 Å². The summed E-state index contributed by atoms with van der Waals surface area (Å²) in [6, 6.07) is 15.7. The van der Waals surface area contributed by atoms with Crippen molar-refractivity contribution in [2.24, 2.45) is 0 Å². The fraction of sp³-hybridized carbons (Fsp3) is 0.0625. The van der Waals surface area contributed by atoms with Gasteiger partial charge in [0.05, 0.1) is 23.7 Å². The lowest BCUT2D eigenvalue weighted by Gasteiger charge is -2.11. The fourth-order valence-corrected chi connectivity index (χ4v) is 2.65. The molecule has 20 heavy (non-hydrogen) atoms. The van der Waals surface area contributed by atoms with Gasteiger partial charge in [-0.3, -0.25) is 0 Å². The van der Waals surface area contributed by atoms with Crippen molar-refractivity contribution in [3.63, 3.8) is 0 Å². The molecule has 0 aliphatic rings. The molecule has 2 N–H and O–H groups in total. The van der Waals surface area contributed by atoms with E-state index in [-0.39, 0.29) is 0 Å². The smallest absolute Gasteiger partial charge is 0.130 e. The first kappa shape index (κ1) is 12.9.